The molecule has 1 aromatic heterocycles. The summed E-state index contributed by atoms with van der Waals surface area (Å²) in [5.74, 6) is -2.18. The van der Waals surface area contributed by atoms with Crippen LogP contribution in [0.25, 0.3) is 0 Å². The quantitative estimate of drug-likeness (QED) is 0.436. The maximum atomic E-state index is 14.4. The first-order valence-corrected chi connectivity index (χ1v) is 14.7. The predicted molar refractivity (Wildman–Crippen MR) is 143 cm³/mol. The number of ether oxygens (including phenoxy) is 2. The van der Waals surface area contributed by atoms with Crippen molar-refractivity contribution in [1.29, 1.82) is 0 Å². The highest BCUT2D eigenvalue weighted by Crippen LogP contribution is 2.51. The van der Waals surface area contributed by atoms with Gasteiger partial charge >= 0.3 is 18.3 Å². The van der Waals surface area contributed by atoms with Crippen LogP contribution in [0.2, 0.25) is 0 Å². The van der Waals surface area contributed by atoms with E-state index in [9.17, 15) is 35.9 Å². The van der Waals surface area contributed by atoms with Gasteiger partial charge in [0, 0.05) is 45.0 Å². The highest BCUT2D eigenvalue weighted by atomic mass is 19.4. The van der Waals surface area contributed by atoms with Crippen LogP contribution in [0.5, 0.6) is 0 Å². The Hall–Kier alpha value is -2.61. The fourth-order valence-electron chi connectivity index (χ4n) is 7.79. The van der Waals surface area contributed by atoms with Crippen molar-refractivity contribution in [3.8, 4) is 0 Å². The SMILES string of the molecule is CO[C@@H]1COCC[C@@H]1N(C(=O)C(F)(F)F)[C@@H]1CC[C@@](C(=O)N2C[C@H]3C(C)[C@@H]2CN3c2cc(C(F)(F)F)ccn2)(C(C)C)C1. The van der Waals surface area contributed by atoms with Crippen molar-refractivity contribution in [2.75, 3.05) is 38.3 Å². The molecule has 0 aromatic carbocycles. The van der Waals surface area contributed by atoms with Crippen molar-refractivity contribution in [1.82, 2.24) is 14.8 Å². The van der Waals surface area contributed by atoms with Crippen LogP contribution in [0.4, 0.5) is 32.2 Å². The first-order valence-electron chi connectivity index (χ1n) is 14.7. The number of piperazine rings is 1. The molecule has 1 saturated carbocycles. The number of likely N-dealkylation sites (tertiary alicyclic amines) is 1. The molecule has 3 aliphatic heterocycles. The van der Waals surface area contributed by atoms with Crippen LogP contribution >= 0.6 is 0 Å². The minimum Gasteiger partial charge on any atom is -0.379 e. The lowest BCUT2D eigenvalue weighted by Crippen LogP contribution is -2.59. The van der Waals surface area contributed by atoms with Gasteiger partial charge < -0.3 is 24.2 Å². The molecular formula is C29H38F6N4O4. The zero-order valence-corrected chi connectivity index (χ0v) is 24.6. The number of carbonyl (C=O) groups excluding carboxylic acids is 2. The zero-order chi connectivity index (χ0) is 31.5. The van der Waals surface area contributed by atoms with E-state index >= 15 is 0 Å². The number of anilines is 1. The van der Waals surface area contributed by atoms with Crippen LogP contribution < -0.4 is 4.90 Å². The number of alkyl halides is 6. The summed E-state index contributed by atoms with van der Waals surface area (Å²) in [7, 11) is 1.38. The molecule has 2 amide bonds. The number of amides is 2. The van der Waals surface area contributed by atoms with Crippen LogP contribution in [-0.2, 0) is 25.2 Å². The summed E-state index contributed by atoms with van der Waals surface area (Å²) in [6.07, 6.45) is -8.38. The van der Waals surface area contributed by atoms with Gasteiger partial charge in [0.1, 0.15) is 11.9 Å². The fourth-order valence-corrected chi connectivity index (χ4v) is 7.79. The molecule has 2 bridgehead atoms. The number of rotatable bonds is 6. The van der Waals surface area contributed by atoms with E-state index < -0.39 is 47.4 Å². The summed E-state index contributed by atoms with van der Waals surface area (Å²) in [6.45, 7) is 6.54. The standard InChI is InChI=1S/C29H38F6N4O4/c1-16(2)27(8-5-19(12-27)39(26(41)29(33,34)35)20-7-10-43-15-23(20)42-4)25(40)38-14-21-17(3)22(38)13-37(21)24-11-18(6-9-36-24)28(30,31)32/h6,9,11,16-17,19-23H,5,7-8,10,12-15H2,1-4H3/t17?,19-,20+,21+,22+,23-,27+/m1/s1. The van der Waals surface area contributed by atoms with Gasteiger partial charge in [-0.2, -0.15) is 26.3 Å². The minimum atomic E-state index is -5.09. The summed E-state index contributed by atoms with van der Waals surface area (Å²) in [5, 5.41) is 0. The maximum Gasteiger partial charge on any atom is 0.471 e. The van der Waals surface area contributed by atoms with Gasteiger partial charge in [0.05, 0.1) is 35.7 Å². The molecule has 4 heterocycles. The third-order valence-corrected chi connectivity index (χ3v) is 10.3. The van der Waals surface area contributed by atoms with Crippen molar-refractivity contribution in [3.63, 3.8) is 0 Å². The molecule has 0 radical (unpaired) electrons. The third-order valence-electron chi connectivity index (χ3n) is 10.3. The smallest absolute Gasteiger partial charge is 0.379 e. The molecule has 0 N–H and O–H groups in total. The monoisotopic (exact) mass is 620 g/mol. The Kier molecular flexibility index (Phi) is 8.42. The number of methoxy groups -OCH3 is 1. The van der Waals surface area contributed by atoms with Crippen LogP contribution in [0.1, 0.15) is 52.0 Å². The molecule has 0 spiro atoms. The second kappa shape index (κ2) is 11.4. The van der Waals surface area contributed by atoms with Crippen molar-refractivity contribution in [2.45, 2.75) is 89.1 Å². The third kappa shape index (κ3) is 5.57. The van der Waals surface area contributed by atoms with Gasteiger partial charge in [-0.1, -0.05) is 20.8 Å². The Morgan fingerprint density at radius 2 is 1.86 bits per heavy atom. The van der Waals surface area contributed by atoms with E-state index in [0.29, 0.717) is 13.0 Å². The molecule has 7 atom stereocenters. The van der Waals surface area contributed by atoms with E-state index in [1.54, 1.807) is 4.90 Å². The number of halogens is 6. The van der Waals surface area contributed by atoms with Crippen molar-refractivity contribution >= 4 is 17.6 Å². The Morgan fingerprint density at radius 3 is 2.44 bits per heavy atom. The number of hydrogen-bond donors (Lipinski definition) is 0. The van der Waals surface area contributed by atoms with Gasteiger partial charge in [-0.15, -0.1) is 0 Å². The van der Waals surface area contributed by atoms with Crippen LogP contribution in [0, 0.1) is 17.3 Å². The van der Waals surface area contributed by atoms with Gasteiger partial charge in [0.2, 0.25) is 5.91 Å². The number of aromatic nitrogens is 1. The second-order valence-electron chi connectivity index (χ2n) is 12.6. The van der Waals surface area contributed by atoms with E-state index in [4.69, 9.17) is 9.47 Å². The van der Waals surface area contributed by atoms with Crippen molar-refractivity contribution in [3.05, 3.63) is 23.9 Å². The van der Waals surface area contributed by atoms with E-state index in [1.807, 2.05) is 25.7 Å². The molecule has 8 nitrogen and oxygen atoms in total. The van der Waals surface area contributed by atoms with Gasteiger partial charge in [-0.3, -0.25) is 9.59 Å². The summed E-state index contributed by atoms with van der Waals surface area (Å²) >= 11 is 0. The van der Waals surface area contributed by atoms with Crippen molar-refractivity contribution in [2.24, 2.45) is 17.3 Å². The van der Waals surface area contributed by atoms with E-state index in [0.717, 1.165) is 23.2 Å². The largest absolute Gasteiger partial charge is 0.471 e. The van der Waals surface area contributed by atoms with Gasteiger partial charge in [0.25, 0.3) is 0 Å². The molecule has 4 aliphatic rings. The van der Waals surface area contributed by atoms with E-state index in [2.05, 4.69) is 4.98 Å². The van der Waals surface area contributed by atoms with Gasteiger partial charge in [-0.05, 0) is 43.7 Å². The predicted octanol–water partition coefficient (Wildman–Crippen LogP) is 4.53. The maximum absolute atomic E-state index is 14.4. The highest BCUT2D eigenvalue weighted by molar-refractivity contribution is 5.86. The molecule has 240 valence electrons. The molecule has 14 heteroatoms. The highest BCUT2D eigenvalue weighted by Gasteiger charge is 2.59. The fraction of sp³-hybridized carbons (Fsp3) is 0.759. The average Bonchev–Trinajstić information content (AvgIpc) is 3.63. The Balaban J connectivity index is 1.38. The molecule has 1 aliphatic carbocycles. The lowest BCUT2D eigenvalue weighted by molar-refractivity contribution is -0.197. The van der Waals surface area contributed by atoms with Gasteiger partial charge in [-0.25, -0.2) is 4.98 Å². The number of pyridine rings is 1. The van der Waals surface area contributed by atoms with E-state index in [1.165, 1.54) is 7.11 Å². The first kappa shape index (κ1) is 31.8. The van der Waals surface area contributed by atoms with Crippen LogP contribution in [0.3, 0.4) is 0 Å². The topological polar surface area (TPSA) is 75.2 Å². The molecule has 4 fully saturated rings. The molecule has 43 heavy (non-hydrogen) atoms. The van der Waals surface area contributed by atoms with Crippen LogP contribution in [-0.4, -0.2) is 96.5 Å². The first-order chi connectivity index (χ1) is 20.1. The number of hydrogen-bond acceptors (Lipinski definition) is 6. The summed E-state index contributed by atoms with van der Waals surface area (Å²) in [5.41, 5.74) is -1.79. The minimum absolute atomic E-state index is 0.0466. The lowest BCUT2D eigenvalue weighted by Gasteiger charge is -2.44. The molecule has 1 aromatic rings. The van der Waals surface area contributed by atoms with Crippen molar-refractivity contribution < 1.29 is 45.4 Å². The molecule has 5 rings (SSSR count). The zero-order valence-electron chi connectivity index (χ0n) is 24.6. The van der Waals surface area contributed by atoms with Gasteiger partial charge in [0.15, 0.2) is 0 Å². The number of carbonyl (C=O) groups is 2. The summed E-state index contributed by atoms with van der Waals surface area (Å²) in [4.78, 5) is 35.9. The Bertz CT molecular complexity index is 1210. The molecule has 1 unspecified atom stereocenters. The lowest BCUT2D eigenvalue weighted by atomic mass is 9.74. The normalized spacial score (nSPS) is 33.0. The average molecular weight is 621 g/mol. The molecular weight excluding hydrogens is 582 g/mol. The molecule has 3 saturated heterocycles. The van der Waals surface area contributed by atoms with E-state index in [-0.39, 0.29) is 74.7 Å². The Labute approximate surface area is 246 Å². The summed E-state index contributed by atoms with van der Waals surface area (Å²) in [6, 6.07) is -0.255. The Morgan fingerprint density at radius 1 is 1.14 bits per heavy atom. The summed E-state index contributed by atoms with van der Waals surface area (Å²) < 4.78 is 92.5. The van der Waals surface area contributed by atoms with Crippen LogP contribution in [0.15, 0.2) is 18.3 Å². The second-order valence-corrected chi connectivity index (χ2v) is 12.6. The number of fused-ring (bicyclic) bond motifs is 2. The number of nitrogens with zero attached hydrogens (tertiary/aromatic N) is 4.